The fourth-order valence-electron chi connectivity index (χ4n) is 3.36. The van der Waals surface area contributed by atoms with Crippen molar-refractivity contribution in [3.05, 3.63) is 95.3 Å². The number of hydrogen-bond acceptors (Lipinski definition) is 3. The smallest absolute Gasteiger partial charge is 0.258 e. The van der Waals surface area contributed by atoms with Crippen LogP contribution in [0.15, 0.2) is 77.7 Å². The third-order valence-electron chi connectivity index (χ3n) is 4.90. The van der Waals surface area contributed by atoms with E-state index in [0.717, 1.165) is 35.4 Å². The van der Waals surface area contributed by atoms with Gasteiger partial charge in [0.2, 0.25) is 10.0 Å². The minimum atomic E-state index is -3.76. The van der Waals surface area contributed by atoms with Gasteiger partial charge in [-0.1, -0.05) is 30.3 Å². The lowest BCUT2D eigenvalue weighted by Gasteiger charge is -2.18. The number of rotatable bonds is 5. The van der Waals surface area contributed by atoms with Gasteiger partial charge in [-0.15, -0.1) is 0 Å². The molecule has 1 N–H and O–H groups in total. The predicted octanol–water partition coefficient (Wildman–Crippen LogP) is 3.51. The molecule has 0 aromatic heterocycles. The van der Waals surface area contributed by atoms with E-state index in [2.05, 4.69) is 4.72 Å². The Balaban J connectivity index is 1.52. The molecule has 4 rings (SSSR count). The van der Waals surface area contributed by atoms with E-state index in [1.54, 1.807) is 17.0 Å². The lowest BCUT2D eigenvalue weighted by atomic mass is 10.1. The molecule has 0 aliphatic carbocycles. The first kappa shape index (κ1) is 19.3. The van der Waals surface area contributed by atoms with E-state index in [-0.39, 0.29) is 17.3 Å². The molecule has 7 heteroatoms. The Morgan fingerprint density at radius 1 is 1.00 bits per heavy atom. The van der Waals surface area contributed by atoms with Gasteiger partial charge in [0.25, 0.3) is 5.91 Å². The Hall–Kier alpha value is -3.03. The standard InChI is InChI=1S/C22H19FN2O3S/c23-19-8-10-20(11-9-19)29(27,28)24-15-16-6-7-17-12-13-25(21(17)14-16)22(26)18-4-2-1-3-5-18/h1-11,14,24H,12-13,15H2. The number of amides is 1. The number of sulfonamides is 1. The van der Waals surface area contributed by atoms with E-state index >= 15 is 0 Å². The Labute approximate surface area is 168 Å². The minimum absolute atomic E-state index is 0.000872. The second-order valence-corrected chi connectivity index (χ2v) is 8.58. The normalized spacial score (nSPS) is 13.3. The zero-order chi connectivity index (χ0) is 20.4. The SMILES string of the molecule is O=C(c1ccccc1)N1CCc2ccc(CNS(=O)(=O)c3ccc(F)cc3)cc21. The molecule has 0 atom stereocenters. The lowest BCUT2D eigenvalue weighted by molar-refractivity contribution is 0.0989. The van der Waals surface area contributed by atoms with Crippen LogP contribution < -0.4 is 9.62 Å². The number of carbonyl (C=O) groups is 1. The van der Waals surface area contributed by atoms with Crippen LogP contribution in [-0.2, 0) is 23.0 Å². The van der Waals surface area contributed by atoms with Crippen LogP contribution in [0.1, 0.15) is 21.5 Å². The third-order valence-corrected chi connectivity index (χ3v) is 6.32. The molecule has 0 bridgehead atoms. The molecule has 0 saturated heterocycles. The maximum absolute atomic E-state index is 13.0. The highest BCUT2D eigenvalue weighted by atomic mass is 32.2. The first-order valence-electron chi connectivity index (χ1n) is 9.18. The van der Waals surface area contributed by atoms with E-state index in [1.807, 2.05) is 36.4 Å². The van der Waals surface area contributed by atoms with Gasteiger partial charge in [0.15, 0.2) is 0 Å². The van der Waals surface area contributed by atoms with Crippen molar-refractivity contribution in [3.8, 4) is 0 Å². The summed E-state index contributed by atoms with van der Waals surface area (Å²) in [6.07, 6.45) is 0.759. The summed E-state index contributed by atoms with van der Waals surface area (Å²) < 4.78 is 40.4. The number of anilines is 1. The van der Waals surface area contributed by atoms with Gasteiger partial charge in [0.05, 0.1) is 4.90 Å². The third kappa shape index (κ3) is 4.06. The fraction of sp³-hybridized carbons (Fsp3) is 0.136. The van der Waals surface area contributed by atoms with Crippen LogP contribution >= 0.6 is 0 Å². The van der Waals surface area contributed by atoms with E-state index in [1.165, 1.54) is 12.1 Å². The van der Waals surface area contributed by atoms with Crippen molar-refractivity contribution < 1.29 is 17.6 Å². The molecule has 3 aromatic carbocycles. The highest BCUT2D eigenvalue weighted by Gasteiger charge is 2.26. The van der Waals surface area contributed by atoms with Crippen molar-refractivity contribution in [2.75, 3.05) is 11.4 Å². The van der Waals surface area contributed by atoms with Crippen molar-refractivity contribution in [2.24, 2.45) is 0 Å². The molecular formula is C22H19FN2O3S. The minimum Gasteiger partial charge on any atom is -0.308 e. The summed E-state index contributed by atoms with van der Waals surface area (Å²) in [5, 5.41) is 0. The molecule has 1 amide bonds. The molecule has 0 radical (unpaired) electrons. The molecule has 1 aliphatic heterocycles. The van der Waals surface area contributed by atoms with Crippen molar-refractivity contribution >= 4 is 21.6 Å². The number of fused-ring (bicyclic) bond motifs is 1. The molecule has 5 nitrogen and oxygen atoms in total. The van der Waals surface area contributed by atoms with E-state index in [0.29, 0.717) is 12.1 Å². The summed E-state index contributed by atoms with van der Waals surface area (Å²) in [7, 11) is -3.76. The summed E-state index contributed by atoms with van der Waals surface area (Å²) in [5.41, 5.74) is 3.21. The predicted molar refractivity (Wildman–Crippen MR) is 109 cm³/mol. The van der Waals surface area contributed by atoms with Crippen LogP contribution in [-0.4, -0.2) is 20.9 Å². The Morgan fingerprint density at radius 3 is 2.45 bits per heavy atom. The summed E-state index contributed by atoms with van der Waals surface area (Å²) in [5.74, 6) is -0.570. The average Bonchev–Trinajstić information content (AvgIpc) is 3.16. The second kappa shape index (κ2) is 7.77. The number of hydrogen-bond donors (Lipinski definition) is 1. The highest BCUT2D eigenvalue weighted by molar-refractivity contribution is 7.89. The van der Waals surface area contributed by atoms with Crippen LogP contribution in [0.2, 0.25) is 0 Å². The topological polar surface area (TPSA) is 66.5 Å². The quantitative estimate of drug-likeness (QED) is 0.700. The van der Waals surface area contributed by atoms with Crippen molar-refractivity contribution in [2.45, 2.75) is 17.9 Å². The van der Waals surface area contributed by atoms with Gasteiger partial charge in [-0.25, -0.2) is 17.5 Å². The monoisotopic (exact) mass is 410 g/mol. The number of halogens is 1. The fourth-order valence-corrected chi connectivity index (χ4v) is 4.38. The molecule has 29 heavy (non-hydrogen) atoms. The first-order valence-corrected chi connectivity index (χ1v) is 10.7. The molecule has 0 spiro atoms. The van der Waals surface area contributed by atoms with Crippen LogP contribution in [0.4, 0.5) is 10.1 Å². The summed E-state index contributed by atoms with van der Waals surface area (Å²) in [4.78, 5) is 14.6. The largest absolute Gasteiger partial charge is 0.308 e. The molecule has 0 unspecified atom stereocenters. The van der Waals surface area contributed by atoms with Gasteiger partial charge in [-0.3, -0.25) is 4.79 Å². The van der Waals surface area contributed by atoms with Crippen LogP contribution in [0.25, 0.3) is 0 Å². The van der Waals surface area contributed by atoms with E-state index in [9.17, 15) is 17.6 Å². The second-order valence-electron chi connectivity index (χ2n) is 6.81. The Bertz CT molecular complexity index is 1150. The van der Waals surface area contributed by atoms with Crippen LogP contribution in [0.5, 0.6) is 0 Å². The van der Waals surface area contributed by atoms with E-state index < -0.39 is 15.8 Å². The highest BCUT2D eigenvalue weighted by Crippen LogP contribution is 2.30. The average molecular weight is 410 g/mol. The molecular weight excluding hydrogens is 391 g/mol. The van der Waals surface area contributed by atoms with Gasteiger partial charge >= 0.3 is 0 Å². The van der Waals surface area contributed by atoms with Crippen LogP contribution in [0.3, 0.4) is 0 Å². The maximum Gasteiger partial charge on any atom is 0.258 e. The van der Waals surface area contributed by atoms with Crippen molar-refractivity contribution in [1.29, 1.82) is 0 Å². The van der Waals surface area contributed by atoms with Crippen molar-refractivity contribution in [1.82, 2.24) is 4.72 Å². The summed E-state index contributed by atoms with van der Waals surface area (Å²) >= 11 is 0. The first-order chi connectivity index (χ1) is 13.9. The molecule has 0 saturated carbocycles. The molecule has 1 heterocycles. The molecule has 3 aromatic rings. The van der Waals surface area contributed by atoms with Gasteiger partial charge in [-0.2, -0.15) is 0 Å². The molecule has 148 valence electrons. The lowest BCUT2D eigenvalue weighted by Crippen LogP contribution is -2.29. The number of benzene rings is 3. The van der Waals surface area contributed by atoms with Gasteiger partial charge in [0, 0.05) is 24.3 Å². The zero-order valence-electron chi connectivity index (χ0n) is 15.5. The summed E-state index contributed by atoms with van der Waals surface area (Å²) in [6, 6.07) is 19.3. The van der Waals surface area contributed by atoms with Crippen molar-refractivity contribution in [3.63, 3.8) is 0 Å². The Morgan fingerprint density at radius 2 is 1.72 bits per heavy atom. The molecule has 1 aliphatic rings. The number of nitrogens with zero attached hydrogens (tertiary/aromatic N) is 1. The molecule has 0 fully saturated rings. The zero-order valence-corrected chi connectivity index (χ0v) is 16.3. The Kier molecular flexibility index (Phi) is 5.17. The number of nitrogens with one attached hydrogen (secondary N) is 1. The number of carbonyl (C=O) groups excluding carboxylic acids is 1. The van der Waals surface area contributed by atoms with E-state index in [4.69, 9.17) is 0 Å². The van der Waals surface area contributed by atoms with Gasteiger partial charge in [0.1, 0.15) is 5.82 Å². The summed E-state index contributed by atoms with van der Waals surface area (Å²) in [6.45, 7) is 0.661. The van der Waals surface area contributed by atoms with Gasteiger partial charge in [-0.05, 0) is 60.0 Å². The van der Waals surface area contributed by atoms with Crippen LogP contribution in [0, 0.1) is 5.82 Å². The van der Waals surface area contributed by atoms with Gasteiger partial charge < -0.3 is 4.90 Å². The maximum atomic E-state index is 13.0.